The molecule has 34 heavy (non-hydrogen) atoms. The molecule has 0 aliphatic carbocycles. The minimum Gasteiger partial charge on any atom is -0.330 e. The van der Waals surface area contributed by atoms with E-state index in [-0.39, 0.29) is 22.1 Å². The van der Waals surface area contributed by atoms with E-state index in [9.17, 15) is 17.6 Å². The van der Waals surface area contributed by atoms with Gasteiger partial charge in [-0.05, 0) is 48.9 Å². The van der Waals surface area contributed by atoms with Gasteiger partial charge in [0.1, 0.15) is 18.0 Å². The zero-order chi connectivity index (χ0) is 23.9. The summed E-state index contributed by atoms with van der Waals surface area (Å²) in [5, 5.41) is 9.16. The van der Waals surface area contributed by atoms with Gasteiger partial charge in [0.15, 0.2) is 0 Å². The molecule has 1 saturated heterocycles. The Morgan fingerprint density at radius 3 is 2.74 bits per heavy atom. The summed E-state index contributed by atoms with van der Waals surface area (Å²) < 4.78 is 42.9. The smallest absolute Gasteiger partial charge is 0.275 e. The van der Waals surface area contributed by atoms with Gasteiger partial charge in [0.05, 0.1) is 29.6 Å². The van der Waals surface area contributed by atoms with Crippen LogP contribution in [0.15, 0.2) is 70.4 Å². The molecular weight excluding hydrogens is 455 g/mol. The average molecular weight is 480 g/mol. The van der Waals surface area contributed by atoms with Crippen LogP contribution < -0.4 is 15.2 Å². The number of hydrogen-bond donors (Lipinski definition) is 2. The Balaban J connectivity index is 1.38. The summed E-state index contributed by atoms with van der Waals surface area (Å²) in [5.74, 6) is -0.166. The van der Waals surface area contributed by atoms with Crippen molar-refractivity contribution < 1.29 is 17.7 Å². The SMILES string of the molecule is N#Cc1cccc(C[NH+]2C[C@@H]3C[C@H](C2)c2ccc(NS(=O)(=O)c4cccc(F)c4)c(=O)n2C3)c1. The standard InChI is InChI=1S/C25H23FN4O3S/c26-21-5-2-6-22(11-21)34(32,33)28-23-7-8-24-20-10-19(15-30(24)25(23)31)14-29(16-20)13-18-4-1-3-17(9-18)12-27/h1-9,11,19-20,28H,10,13-16H2/p+1/t19-,20+/m0/s1. The van der Waals surface area contributed by atoms with Crippen molar-refractivity contribution in [3.05, 3.63) is 93.7 Å². The molecule has 2 bridgehead atoms. The molecule has 3 aromatic rings. The summed E-state index contributed by atoms with van der Waals surface area (Å²) in [5.41, 5.74) is 2.27. The Bertz CT molecular complexity index is 1460. The number of nitrogens with one attached hydrogen (secondary N) is 2. The van der Waals surface area contributed by atoms with Crippen LogP contribution in [0.2, 0.25) is 0 Å². The van der Waals surface area contributed by atoms with Gasteiger partial charge in [-0.2, -0.15) is 5.26 Å². The normalized spacial score (nSPS) is 21.4. The maximum Gasteiger partial charge on any atom is 0.275 e. The molecule has 2 N–H and O–H groups in total. The molecule has 2 aliphatic heterocycles. The van der Waals surface area contributed by atoms with Crippen molar-refractivity contribution >= 4 is 15.7 Å². The zero-order valence-electron chi connectivity index (χ0n) is 18.4. The van der Waals surface area contributed by atoms with E-state index in [1.807, 2.05) is 24.3 Å². The maximum atomic E-state index is 13.5. The molecule has 3 heterocycles. The first-order valence-electron chi connectivity index (χ1n) is 11.2. The van der Waals surface area contributed by atoms with Crippen molar-refractivity contribution in [3.63, 3.8) is 0 Å². The van der Waals surface area contributed by atoms with E-state index in [0.717, 1.165) is 49.4 Å². The number of sulfonamides is 1. The number of likely N-dealkylation sites (tertiary alicyclic amines) is 1. The molecule has 0 radical (unpaired) electrons. The summed E-state index contributed by atoms with van der Waals surface area (Å²) in [7, 11) is -4.08. The Hall–Kier alpha value is -3.48. The monoisotopic (exact) mass is 479 g/mol. The van der Waals surface area contributed by atoms with Crippen LogP contribution in [-0.4, -0.2) is 26.1 Å². The van der Waals surface area contributed by atoms with Gasteiger partial charge in [-0.3, -0.25) is 9.52 Å². The number of halogens is 1. The molecule has 1 fully saturated rings. The van der Waals surface area contributed by atoms with Crippen molar-refractivity contribution in [2.24, 2.45) is 5.92 Å². The minimum atomic E-state index is -4.08. The Morgan fingerprint density at radius 1 is 1.12 bits per heavy atom. The molecule has 0 spiro atoms. The molecule has 9 heteroatoms. The number of nitrogens with zero attached hydrogens (tertiary/aromatic N) is 2. The van der Waals surface area contributed by atoms with E-state index in [1.165, 1.54) is 23.1 Å². The number of piperidine rings is 1. The van der Waals surface area contributed by atoms with E-state index < -0.39 is 15.8 Å². The molecule has 5 rings (SSSR count). The predicted octanol–water partition coefficient (Wildman–Crippen LogP) is 1.86. The van der Waals surface area contributed by atoms with Gasteiger partial charge < -0.3 is 9.47 Å². The van der Waals surface area contributed by atoms with Crippen molar-refractivity contribution in [3.8, 4) is 6.07 Å². The average Bonchev–Trinajstić information content (AvgIpc) is 2.81. The second kappa shape index (κ2) is 8.70. The van der Waals surface area contributed by atoms with E-state index in [4.69, 9.17) is 5.26 Å². The van der Waals surface area contributed by atoms with E-state index in [2.05, 4.69) is 10.8 Å². The van der Waals surface area contributed by atoms with Crippen LogP contribution >= 0.6 is 0 Å². The third-order valence-electron chi connectivity index (χ3n) is 6.66. The second-order valence-electron chi connectivity index (χ2n) is 9.10. The lowest BCUT2D eigenvalue weighted by Crippen LogP contribution is -3.13. The maximum absolute atomic E-state index is 13.5. The molecule has 1 unspecified atom stereocenters. The number of pyridine rings is 1. The van der Waals surface area contributed by atoms with Gasteiger partial charge in [0.2, 0.25) is 0 Å². The van der Waals surface area contributed by atoms with E-state index in [0.29, 0.717) is 18.0 Å². The molecular formula is C25H24FN4O3S+. The topological polar surface area (TPSA) is 96.4 Å². The number of aromatic nitrogens is 1. The third-order valence-corrected chi connectivity index (χ3v) is 8.02. The molecule has 1 aromatic heterocycles. The van der Waals surface area contributed by atoms with Gasteiger partial charge in [-0.1, -0.05) is 18.2 Å². The van der Waals surface area contributed by atoms with Crippen LogP contribution in [-0.2, 0) is 23.1 Å². The molecule has 0 saturated carbocycles. The van der Waals surface area contributed by atoms with Crippen LogP contribution in [0.4, 0.5) is 10.1 Å². The highest BCUT2D eigenvalue weighted by Crippen LogP contribution is 2.31. The van der Waals surface area contributed by atoms with Gasteiger partial charge in [0.25, 0.3) is 15.6 Å². The highest BCUT2D eigenvalue weighted by molar-refractivity contribution is 7.92. The second-order valence-corrected chi connectivity index (χ2v) is 10.8. The third kappa shape index (κ3) is 4.34. The predicted molar refractivity (Wildman–Crippen MR) is 124 cm³/mol. The van der Waals surface area contributed by atoms with Gasteiger partial charge in [-0.25, -0.2) is 12.8 Å². The van der Waals surface area contributed by atoms with Crippen molar-refractivity contribution in [1.29, 1.82) is 5.26 Å². The Labute approximate surface area is 197 Å². The fourth-order valence-electron chi connectivity index (χ4n) is 5.27. The highest BCUT2D eigenvalue weighted by Gasteiger charge is 2.37. The number of anilines is 1. The van der Waals surface area contributed by atoms with Crippen LogP contribution in [0.5, 0.6) is 0 Å². The summed E-state index contributed by atoms with van der Waals surface area (Å²) in [6.07, 6.45) is 0.996. The minimum absolute atomic E-state index is 0.0366. The largest absolute Gasteiger partial charge is 0.330 e. The fourth-order valence-corrected chi connectivity index (χ4v) is 6.36. The van der Waals surface area contributed by atoms with Crippen LogP contribution in [0.1, 0.15) is 29.2 Å². The Kier molecular flexibility index (Phi) is 5.71. The number of fused-ring (bicyclic) bond motifs is 4. The molecule has 2 aliphatic rings. The zero-order valence-corrected chi connectivity index (χ0v) is 19.2. The molecule has 3 atom stereocenters. The van der Waals surface area contributed by atoms with Crippen molar-refractivity contribution in [2.45, 2.75) is 30.3 Å². The van der Waals surface area contributed by atoms with Gasteiger partial charge in [-0.15, -0.1) is 0 Å². The van der Waals surface area contributed by atoms with Gasteiger partial charge >= 0.3 is 0 Å². The first-order valence-corrected chi connectivity index (χ1v) is 12.7. The summed E-state index contributed by atoms with van der Waals surface area (Å²) in [6, 6.07) is 17.9. The number of hydrogen-bond acceptors (Lipinski definition) is 4. The molecule has 0 amide bonds. The molecule has 7 nitrogen and oxygen atoms in total. The summed E-state index contributed by atoms with van der Waals surface area (Å²) in [4.78, 5) is 14.4. The lowest BCUT2D eigenvalue weighted by atomic mass is 9.83. The summed E-state index contributed by atoms with van der Waals surface area (Å²) >= 11 is 0. The van der Waals surface area contributed by atoms with Crippen LogP contribution in [0, 0.1) is 23.1 Å². The first-order chi connectivity index (χ1) is 16.3. The van der Waals surface area contributed by atoms with Crippen LogP contribution in [0.25, 0.3) is 0 Å². The number of benzene rings is 2. The van der Waals surface area contributed by atoms with E-state index >= 15 is 0 Å². The van der Waals surface area contributed by atoms with E-state index in [1.54, 1.807) is 10.6 Å². The first kappa shape index (κ1) is 22.3. The lowest BCUT2D eigenvalue weighted by Gasteiger charge is -2.40. The van der Waals surface area contributed by atoms with Crippen molar-refractivity contribution in [1.82, 2.24) is 4.57 Å². The molecule has 2 aromatic carbocycles. The lowest BCUT2D eigenvalue weighted by molar-refractivity contribution is -0.924. The quantitative estimate of drug-likeness (QED) is 0.584. The van der Waals surface area contributed by atoms with Crippen molar-refractivity contribution in [2.75, 3.05) is 17.8 Å². The Morgan fingerprint density at radius 2 is 1.94 bits per heavy atom. The van der Waals surface area contributed by atoms with Gasteiger partial charge in [0, 0.05) is 29.6 Å². The number of rotatable bonds is 5. The number of quaternary nitrogens is 1. The van der Waals surface area contributed by atoms with Crippen LogP contribution in [0.3, 0.4) is 0 Å². The number of nitriles is 1. The fraction of sp³-hybridized carbons (Fsp3) is 0.280. The highest BCUT2D eigenvalue weighted by atomic mass is 32.2. The summed E-state index contributed by atoms with van der Waals surface area (Å²) in [6.45, 7) is 3.11. The molecule has 174 valence electrons.